The molecule has 0 aliphatic rings. The third-order valence-corrected chi connectivity index (χ3v) is 4.74. The van der Waals surface area contributed by atoms with E-state index in [1.54, 1.807) is 24.5 Å². The zero-order chi connectivity index (χ0) is 19.3. The number of hydrogen-bond acceptors (Lipinski definition) is 2. The van der Waals surface area contributed by atoms with Gasteiger partial charge in [-0.05, 0) is 47.0 Å². The van der Waals surface area contributed by atoms with E-state index in [9.17, 15) is 4.79 Å². The van der Waals surface area contributed by atoms with E-state index < -0.39 is 0 Å². The highest BCUT2D eigenvalue weighted by Gasteiger charge is 2.13. The number of amides is 1. The summed E-state index contributed by atoms with van der Waals surface area (Å²) in [5.74, 6) is -0.168. The first-order chi connectivity index (χ1) is 13.7. The fourth-order valence-electron chi connectivity index (χ4n) is 3.12. The lowest BCUT2D eigenvalue weighted by Gasteiger charge is -2.15. The van der Waals surface area contributed by atoms with Crippen molar-refractivity contribution in [3.63, 3.8) is 0 Å². The SMILES string of the molecule is O=C(Nc1ccccc1-c1ccccc1-c1ccc(Cl)cc1)c1ccncc1. The first-order valence-electron chi connectivity index (χ1n) is 8.88. The number of hydrogen-bond donors (Lipinski definition) is 1. The van der Waals surface area contributed by atoms with Crippen LogP contribution in [-0.4, -0.2) is 10.9 Å². The fourth-order valence-corrected chi connectivity index (χ4v) is 3.25. The van der Waals surface area contributed by atoms with Crippen molar-refractivity contribution in [2.24, 2.45) is 0 Å². The highest BCUT2D eigenvalue weighted by molar-refractivity contribution is 6.30. The Morgan fingerprint density at radius 1 is 0.714 bits per heavy atom. The monoisotopic (exact) mass is 384 g/mol. The first kappa shape index (κ1) is 18.0. The average Bonchev–Trinajstić information content (AvgIpc) is 2.75. The summed E-state index contributed by atoms with van der Waals surface area (Å²) < 4.78 is 0. The van der Waals surface area contributed by atoms with Gasteiger partial charge in [-0.1, -0.05) is 66.2 Å². The normalized spacial score (nSPS) is 10.5. The van der Waals surface area contributed by atoms with Crippen LogP contribution in [0, 0.1) is 0 Å². The Labute approximate surface area is 168 Å². The van der Waals surface area contributed by atoms with Crippen LogP contribution < -0.4 is 5.32 Å². The van der Waals surface area contributed by atoms with Crippen molar-refractivity contribution in [3.05, 3.63) is 108 Å². The van der Waals surface area contributed by atoms with Gasteiger partial charge in [0, 0.05) is 34.2 Å². The summed E-state index contributed by atoms with van der Waals surface area (Å²) in [4.78, 5) is 16.6. The molecule has 1 amide bonds. The largest absolute Gasteiger partial charge is 0.321 e. The van der Waals surface area contributed by atoms with Gasteiger partial charge in [0.1, 0.15) is 0 Å². The number of aromatic nitrogens is 1. The lowest BCUT2D eigenvalue weighted by Crippen LogP contribution is -2.12. The molecular formula is C24H17ClN2O. The Morgan fingerprint density at radius 2 is 1.32 bits per heavy atom. The third kappa shape index (κ3) is 3.80. The molecule has 0 radical (unpaired) electrons. The van der Waals surface area contributed by atoms with Crippen molar-refractivity contribution in [2.75, 3.05) is 5.32 Å². The van der Waals surface area contributed by atoms with Gasteiger partial charge in [0.2, 0.25) is 0 Å². The summed E-state index contributed by atoms with van der Waals surface area (Å²) in [5, 5.41) is 3.73. The van der Waals surface area contributed by atoms with Crippen LogP contribution in [0.4, 0.5) is 5.69 Å². The number of carbonyl (C=O) groups excluding carboxylic acids is 1. The molecule has 0 saturated heterocycles. The zero-order valence-corrected chi connectivity index (χ0v) is 15.7. The predicted octanol–water partition coefficient (Wildman–Crippen LogP) is 6.32. The second-order valence-electron chi connectivity index (χ2n) is 6.29. The number of halogens is 1. The molecule has 1 aromatic heterocycles. The number of pyridine rings is 1. The van der Waals surface area contributed by atoms with E-state index in [1.165, 1.54) is 0 Å². The quantitative estimate of drug-likeness (QED) is 0.447. The van der Waals surface area contributed by atoms with Crippen molar-refractivity contribution in [1.82, 2.24) is 4.98 Å². The second-order valence-corrected chi connectivity index (χ2v) is 6.72. The number of rotatable bonds is 4. The van der Waals surface area contributed by atoms with Gasteiger partial charge in [-0.3, -0.25) is 9.78 Å². The van der Waals surface area contributed by atoms with E-state index in [-0.39, 0.29) is 5.91 Å². The molecule has 1 N–H and O–H groups in total. The van der Waals surface area contributed by atoms with Gasteiger partial charge >= 0.3 is 0 Å². The molecule has 4 aromatic rings. The van der Waals surface area contributed by atoms with Crippen LogP contribution in [0.1, 0.15) is 10.4 Å². The van der Waals surface area contributed by atoms with E-state index in [2.05, 4.69) is 22.4 Å². The Hall–Kier alpha value is -3.43. The van der Waals surface area contributed by atoms with Crippen LogP contribution in [0.25, 0.3) is 22.3 Å². The van der Waals surface area contributed by atoms with E-state index in [0.29, 0.717) is 10.6 Å². The molecule has 3 aromatic carbocycles. The van der Waals surface area contributed by atoms with E-state index in [0.717, 1.165) is 27.9 Å². The topological polar surface area (TPSA) is 42.0 Å². The lowest BCUT2D eigenvalue weighted by molar-refractivity contribution is 0.102. The van der Waals surface area contributed by atoms with Gasteiger partial charge in [-0.2, -0.15) is 0 Å². The molecular weight excluding hydrogens is 368 g/mol. The molecule has 0 saturated carbocycles. The van der Waals surface area contributed by atoms with Crippen LogP contribution in [0.2, 0.25) is 5.02 Å². The molecule has 0 spiro atoms. The van der Waals surface area contributed by atoms with Crippen molar-refractivity contribution in [1.29, 1.82) is 0 Å². The minimum absolute atomic E-state index is 0.168. The number of nitrogens with zero attached hydrogens (tertiary/aromatic N) is 1. The van der Waals surface area contributed by atoms with Gasteiger partial charge in [0.05, 0.1) is 0 Å². The van der Waals surface area contributed by atoms with Gasteiger partial charge in [-0.25, -0.2) is 0 Å². The highest BCUT2D eigenvalue weighted by Crippen LogP contribution is 2.36. The minimum Gasteiger partial charge on any atom is -0.321 e. The summed E-state index contributed by atoms with van der Waals surface area (Å²) in [6.45, 7) is 0. The zero-order valence-electron chi connectivity index (χ0n) is 15.0. The predicted molar refractivity (Wildman–Crippen MR) is 115 cm³/mol. The maximum atomic E-state index is 12.6. The summed E-state index contributed by atoms with van der Waals surface area (Å²) in [7, 11) is 0. The standard InChI is InChI=1S/C24H17ClN2O/c25-19-11-9-17(10-12-19)20-5-1-2-6-21(20)22-7-3-4-8-23(22)27-24(28)18-13-15-26-16-14-18/h1-16H,(H,27,28). The van der Waals surface area contributed by atoms with Gasteiger partial charge in [0.15, 0.2) is 0 Å². The Balaban J connectivity index is 1.75. The summed E-state index contributed by atoms with van der Waals surface area (Å²) >= 11 is 6.04. The smallest absolute Gasteiger partial charge is 0.255 e. The van der Waals surface area contributed by atoms with E-state index in [1.807, 2.05) is 60.7 Å². The highest BCUT2D eigenvalue weighted by atomic mass is 35.5. The van der Waals surface area contributed by atoms with Crippen molar-refractivity contribution in [2.45, 2.75) is 0 Å². The average molecular weight is 385 g/mol. The lowest BCUT2D eigenvalue weighted by atomic mass is 9.93. The fraction of sp³-hybridized carbons (Fsp3) is 0. The second kappa shape index (κ2) is 8.07. The van der Waals surface area contributed by atoms with Crippen LogP contribution in [0.15, 0.2) is 97.3 Å². The van der Waals surface area contributed by atoms with Gasteiger partial charge in [-0.15, -0.1) is 0 Å². The number of carbonyl (C=O) groups is 1. The van der Waals surface area contributed by atoms with Gasteiger partial charge < -0.3 is 5.32 Å². The molecule has 4 rings (SSSR count). The molecule has 0 aliphatic heterocycles. The maximum Gasteiger partial charge on any atom is 0.255 e. The maximum absolute atomic E-state index is 12.6. The van der Waals surface area contributed by atoms with Crippen LogP contribution in [0.3, 0.4) is 0 Å². The molecule has 0 unspecified atom stereocenters. The van der Waals surface area contributed by atoms with Gasteiger partial charge in [0.25, 0.3) is 5.91 Å². The number of benzene rings is 3. The molecule has 0 atom stereocenters. The number of nitrogens with one attached hydrogen (secondary N) is 1. The third-order valence-electron chi connectivity index (χ3n) is 4.49. The Kier molecular flexibility index (Phi) is 5.18. The summed E-state index contributed by atoms with van der Waals surface area (Å²) in [5.41, 5.74) is 5.45. The van der Waals surface area contributed by atoms with Crippen molar-refractivity contribution < 1.29 is 4.79 Å². The molecule has 3 nitrogen and oxygen atoms in total. The Morgan fingerprint density at radius 3 is 2.04 bits per heavy atom. The van der Waals surface area contributed by atoms with E-state index in [4.69, 9.17) is 11.6 Å². The Bertz CT molecular complexity index is 1110. The van der Waals surface area contributed by atoms with Crippen LogP contribution >= 0.6 is 11.6 Å². The number of para-hydroxylation sites is 1. The molecule has 136 valence electrons. The molecule has 4 heteroatoms. The van der Waals surface area contributed by atoms with Crippen LogP contribution in [-0.2, 0) is 0 Å². The summed E-state index contributed by atoms with van der Waals surface area (Å²) in [6.07, 6.45) is 3.22. The molecule has 1 heterocycles. The minimum atomic E-state index is -0.168. The van der Waals surface area contributed by atoms with Crippen LogP contribution in [0.5, 0.6) is 0 Å². The molecule has 28 heavy (non-hydrogen) atoms. The number of anilines is 1. The summed E-state index contributed by atoms with van der Waals surface area (Å²) in [6, 6.07) is 27.1. The first-order valence-corrected chi connectivity index (χ1v) is 9.26. The molecule has 0 aliphatic carbocycles. The molecule has 0 fully saturated rings. The van der Waals surface area contributed by atoms with Crippen molar-refractivity contribution >= 4 is 23.2 Å². The van der Waals surface area contributed by atoms with Crippen molar-refractivity contribution in [3.8, 4) is 22.3 Å². The molecule has 0 bridgehead atoms. The van der Waals surface area contributed by atoms with E-state index >= 15 is 0 Å².